The number of thioether (sulfide) groups is 1. The smallest absolute Gasteiger partial charge is 0.271 e. The summed E-state index contributed by atoms with van der Waals surface area (Å²) < 4.78 is 1.89. The van der Waals surface area contributed by atoms with Crippen molar-refractivity contribution in [2.24, 2.45) is 18.1 Å². The molecule has 1 aliphatic carbocycles. The molecule has 0 spiro atoms. The summed E-state index contributed by atoms with van der Waals surface area (Å²) in [5.74, 6) is 1.10. The minimum absolute atomic E-state index is 0.155. The van der Waals surface area contributed by atoms with Gasteiger partial charge in [-0.25, -0.2) is 5.43 Å². The Morgan fingerprint density at radius 2 is 2.16 bits per heavy atom. The van der Waals surface area contributed by atoms with Crippen molar-refractivity contribution < 1.29 is 4.79 Å². The van der Waals surface area contributed by atoms with Crippen LogP contribution in [-0.2, 0) is 12.8 Å². The first-order valence-electron chi connectivity index (χ1n) is 8.56. The minimum Gasteiger partial charge on any atom is -0.312 e. The van der Waals surface area contributed by atoms with Gasteiger partial charge in [-0.1, -0.05) is 37.2 Å². The van der Waals surface area contributed by atoms with Crippen molar-refractivity contribution in [2.75, 3.05) is 0 Å². The molecule has 2 aromatic rings. The van der Waals surface area contributed by atoms with Gasteiger partial charge in [0.1, 0.15) is 6.33 Å². The van der Waals surface area contributed by atoms with Crippen LogP contribution in [0.25, 0.3) is 0 Å². The van der Waals surface area contributed by atoms with Crippen LogP contribution in [0.4, 0.5) is 0 Å². The predicted octanol–water partition coefficient (Wildman–Crippen LogP) is 3.40. The average Bonchev–Trinajstić information content (AvgIpc) is 3.04. The monoisotopic (exact) mass is 357 g/mol. The second-order valence-corrected chi connectivity index (χ2v) is 7.34. The van der Waals surface area contributed by atoms with Crippen LogP contribution in [0.2, 0.25) is 0 Å². The summed E-state index contributed by atoms with van der Waals surface area (Å²) in [6.45, 7) is 2.17. The molecule has 3 rings (SSSR count). The first-order valence-corrected chi connectivity index (χ1v) is 9.54. The number of nitrogens with zero attached hydrogens (tertiary/aromatic N) is 4. The minimum atomic E-state index is -0.155. The third-order valence-electron chi connectivity index (χ3n) is 4.44. The Kier molecular flexibility index (Phi) is 5.86. The Hall–Kier alpha value is -2.15. The zero-order valence-electron chi connectivity index (χ0n) is 14.6. The number of carbonyl (C=O) groups excluding carboxylic acids is 1. The van der Waals surface area contributed by atoms with Gasteiger partial charge >= 0.3 is 0 Å². The molecule has 25 heavy (non-hydrogen) atoms. The number of nitrogens with one attached hydrogen (secondary N) is 1. The lowest BCUT2D eigenvalue weighted by Gasteiger charge is -2.19. The quantitative estimate of drug-likeness (QED) is 0.657. The van der Waals surface area contributed by atoms with Crippen LogP contribution >= 0.6 is 11.8 Å². The van der Waals surface area contributed by atoms with E-state index in [1.807, 2.05) is 35.9 Å². The van der Waals surface area contributed by atoms with E-state index < -0.39 is 0 Å². The summed E-state index contributed by atoms with van der Waals surface area (Å²) in [6.07, 6.45) is 6.25. The molecule has 1 aromatic heterocycles. The van der Waals surface area contributed by atoms with Crippen LogP contribution in [-0.4, -0.2) is 26.4 Å². The Morgan fingerprint density at radius 3 is 2.84 bits per heavy atom. The number of benzene rings is 1. The highest BCUT2D eigenvalue weighted by atomic mass is 32.2. The molecule has 1 aromatic carbocycles. The van der Waals surface area contributed by atoms with Crippen molar-refractivity contribution in [2.45, 2.75) is 43.5 Å². The van der Waals surface area contributed by atoms with Crippen LogP contribution in [0.3, 0.4) is 0 Å². The van der Waals surface area contributed by atoms with E-state index >= 15 is 0 Å². The van der Waals surface area contributed by atoms with Gasteiger partial charge in [-0.05, 0) is 42.9 Å². The van der Waals surface area contributed by atoms with Gasteiger partial charge in [-0.15, -0.1) is 10.2 Å². The molecular formula is C18H23N5OS. The van der Waals surface area contributed by atoms with Gasteiger partial charge in [-0.2, -0.15) is 5.10 Å². The van der Waals surface area contributed by atoms with Crippen LogP contribution in [0.15, 0.2) is 40.9 Å². The molecule has 0 aliphatic heterocycles. The summed E-state index contributed by atoms with van der Waals surface area (Å²) in [5, 5.41) is 13.1. The SMILES string of the molecule is C[C@H]1CCCCC1=NNC(=O)c1ccc(CSc2nncn2C)cc1. The number of rotatable bonds is 5. The van der Waals surface area contributed by atoms with Gasteiger partial charge < -0.3 is 4.57 Å². The largest absolute Gasteiger partial charge is 0.312 e. The maximum Gasteiger partial charge on any atom is 0.271 e. The first kappa shape index (κ1) is 17.7. The van der Waals surface area contributed by atoms with E-state index in [0.717, 1.165) is 41.4 Å². The number of hydrogen-bond acceptors (Lipinski definition) is 5. The zero-order valence-corrected chi connectivity index (χ0v) is 15.4. The summed E-state index contributed by atoms with van der Waals surface area (Å²) >= 11 is 1.62. The Morgan fingerprint density at radius 1 is 1.36 bits per heavy atom. The standard InChI is InChI=1S/C18H23N5OS/c1-13-5-3-4-6-16(13)20-21-17(24)15-9-7-14(8-10-15)11-25-18-22-19-12-23(18)2/h7-10,12-13H,3-6,11H2,1-2H3,(H,21,24)/t13-/m0/s1. The molecule has 6 nitrogen and oxygen atoms in total. The maximum absolute atomic E-state index is 12.2. The molecule has 0 radical (unpaired) electrons. The molecule has 0 saturated heterocycles. The number of aryl methyl sites for hydroxylation is 1. The third-order valence-corrected chi connectivity index (χ3v) is 5.55. The Balaban J connectivity index is 1.55. The number of carbonyl (C=O) groups is 1. The van der Waals surface area contributed by atoms with Gasteiger partial charge in [0.15, 0.2) is 5.16 Å². The van der Waals surface area contributed by atoms with Gasteiger partial charge in [-0.3, -0.25) is 4.79 Å². The molecule has 1 N–H and O–H groups in total. The first-order chi connectivity index (χ1) is 12.1. The van der Waals surface area contributed by atoms with Crippen LogP contribution in [0.5, 0.6) is 0 Å². The van der Waals surface area contributed by atoms with Gasteiger partial charge in [0.05, 0.1) is 0 Å². The molecule has 1 atom stereocenters. The molecule has 0 unspecified atom stereocenters. The molecule has 132 valence electrons. The molecular weight excluding hydrogens is 334 g/mol. The van der Waals surface area contributed by atoms with E-state index in [1.165, 1.54) is 6.42 Å². The second kappa shape index (κ2) is 8.29. The third kappa shape index (κ3) is 4.69. The Labute approximate surface area is 152 Å². The van der Waals surface area contributed by atoms with E-state index in [9.17, 15) is 4.79 Å². The molecule has 1 heterocycles. The fraction of sp³-hybridized carbons (Fsp3) is 0.444. The fourth-order valence-corrected chi connectivity index (χ4v) is 3.67. The van der Waals surface area contributed by atoms with Crippen LogP contribution < -0.4 is 5.43 Å². The van der Waals surface area contributed by atoms with Gasteiger partial charge in [0.2, 0.25) is 0 Å². The van der Waals surface area contributed by atoms with Crippen molar-refractivity contribution in [3.63, 3.8) is 0 Å². The Bertz CT molecular complexity index is 753. The van der Waals surface area contributed by atoms with Crippen LogP contribution in [0.1, 0.15) is 48.5 Å². The second-order valence-electron chi connectivity index (χ2n) is 6.40. The van der Waals surface area contributed by atoms with Crippen LogP contribution in [0, 0.1) is 5.92 Å². The number of aromatic nitrogens is 3. The summed E-state index contributed by atoms with van der Waals surface area (Å²) in [7, 11) is 1.92. The van der Waals surface area contributed by atoms with Crippen molar-refractivity contribution in [1.29, 1.82) is 0 Å². The molecule has 1 amide bonds. The normalized spacial score (nSPS) is 19.1. The van der Waals surface area contributed by atoms with E-state index in [1.54, 1.807) is 18.1 Å². The van der Waals surface area contributed by atoms with E-state index in [0.29, 0.717) is 11.5 Å². The van der Waals surface area contributed by atoms with Crippen molar-refractivity contribution in [3.05, 3.63) is 41.7 Å². The number of hydrazone groups is 1. The number of hydrogen-bond donors (Lipinski definition) is 1. The van der Waals surface area contributed by atoms with Crippen molar-refractivity contribution in [1.82, 2.24) is 20.2 Å². The summed E-state index contributed by atoms with van der Waals surface area (Å²) in [6, 6.07) is 7.61. The molecule has 1 fully saturated rings. The maximum atomic E-state index is 12.2. The zero-order chi connectivity index (χ0) is 17.6. The summed E-state index contributed by atoms with van der Waals surface area (Å²) in [4.78, 5) is 12.2. The highest BCUT2D eigenvalue weighted by Gasteiger charge is 2.16. The molecule has 0 bridgehead atoms. The van der Waals surface area contributed by atoms with E-state index in [-0.39, 0.29) is 5.91 Å². The van der Waals surface area contributed by atoms with Gasteiger partial charge in [0.25, 0.3) is 5.91 Å². The molecule has 7 heteroatoms. The van der Waals surface area contributed by atoms with E-state index in [4.69, 9.17) is 0 Å². The fourth-order valence-electron chi connectivity index (χ4n) is 2.83. The van der Waals surface area contributed by atoms with E-state index in [2.05, 4.69) is 27.6 Å². The van der Waals surface area contributed by atoms with Crippen molar-refractivity contribution >= 4 is 23.4 Å². The van der Waals surface area contributed by atoms with Crippen molar-refractivity contribution in [3.8, 4) is 0 Å². The number of amides is 1. The average molecular weight is 357 g/mol. The highest BCUT2D eigenvalue weighted by molar-refractivity contribution is 7.98. The summed E-state index contributed by atoms with van der Waals surface area (Å²) in [5.41, 5.74) is 5.57. The predicted molar refractivity (Wildman–Crippen MR) is 99.5 cm³/mol. The van der Waals surface area contributed by atoms with Gasteiger partial charge in [0, 0.05) is 24.1 Å². The lowest BCUT2D eigenvalue weighted by Crippen LogP contribution is -2.24. The lowest BCUT2D eigenvalue weighted by atomic mass is 9.89. The highest BCUT2D eigenvalue weighted by Crippen LogP contribution is 2.21. The molecule has 1 saturated carbocycles. The molecule has 1 aliphatic rings. The lowest BCUT2D eigenvalue weighted by molar-refractivity contribution is 0.0954. The topological polar surface area (TPSA) is 72.2 Å².